The predicted octanol–water partition coefficient (Wildman–Crippen LogP) is 1.72. The smallest absolute Gasteiger partial charge is 0.0694 e. The van der Waals surface area contributed by atoms with Crippen LogP contribution < -0.4 is 10.6 Å². The zero-order valence-corrected chi connectivity index (χ0v) is 10.8. The first-order valence-corrected chi connectivity index (χ1v) is 6.07. The summed E-state index contributed by atoms with van der Waals surface area (Å²) in [6.07, 6.45) is 1.91. The number of rotatable bonds is 2. The van der Waals surface area contributed by atoms with Gasteiger partial charge in [-0.05, 0) is 32.9 Å². The second-order valence-electron chi connectivity index (χ2n) is 5.25. The van der Waals surface area contributed by atoms with Crippen molar-refractivity contribution in [3.63, 3.8) is 0 Å². The summed E-state index contributed by atoms with van der Waals surface area (Å²) in [5.41, 5.74) is 7.89. The van der Waals surface area contributed by atoms with Crippen LogP contribution in [0.15, 0.2) is 18.3 Å². The van der Waals surface area contributed by atoms with Gasteiger partial charge in [0.25, 0.3) is 0 Å². The fourth-order valence-electron chi connectivity index (χ4n) is 2.16. The molecule has 0 radical (unpaired) electrons. The van der Waals surface area contributed by atoms with Crippen LogP contribution in [0.2, 0.25) is 0 Å². The molecule has 1 saturated heterocycles. The Bertz CT molecular complexity index is 373. The molecule has 1 atom stereocenters. The minimum atomic E-state index is -0.0123. The average Bonchev–Trinajstić information content (AvgIpc) is 2.28. The molecule has 2 N–H and O–H groups in total. The van der Waals surface area contributed by atoms with Crippen molar-refractivity contribution in [2.24, 2.45) is 5.73 Å². The molecule has 1 aliphatic rings. The van der Waals surface area contributed by atoms with Gasteiger partial charge in [0, 0.05) is 12.6 Å². The Kier molecular flexibility index (Phi) is 3.35. The molecule has 0 saturated carbocycles. The van der Waals surface area contributed by atoms with Crippen LogP contribution in [0.25, 0.3) is 0 Å². The molecule has 94 valence electrons. The van der Waals surface area contributed by atoms with Crippen molar-refractivity contribution in [1.29, 1.82) is 0 Å². The van der Waals surface area contributed by atoms with Crippen LogP contribution in [0, 0.1) is 0 Å². The zero-order valence-electron chi connectivity index (χ0n) is 10.8. The van der Waals surface area contributed by atoms with Crippen LogP contribution in [-0.2, 0) is 4.74 Å². The third-order valence-electron chi connectivity index (χ3n) is 3.19. The van der Waals surface area contributed by atoms with E-state index in [9.17, 15) is 0 Å². The van der Waals surface area contributed by atoms with Crippen LogP contribution in [0.5, 0.6) is 0 Å². The van der Waals surface area contributed by atoms with Crippen LogP contribution in [0.3, 0.4) is 0 Å². The highest BCUT2D eigenvalue weighted by molar-refractivity contribution is 5.48. The van der Waals surface area contributed by atoms with E-state index in [4.69, 9.17) is 10.5 Å². The van der Waals surface area contributed by atoms with Gasteiger partial charge in [0.2, 0.25) is 0 Å². The molecule has 4 nitrogen and oxygen atoms in total. The topological polar surface area (TPSA) is 51.4 Å². The third kappa shape index (κ3) is 2.58. The lowest BCUT2D eigenvalue weighted by Gasteiger charge is -2.43. The second kappa shape index (κ2) is 4.63. The normalized spacial score (nSPS) is 21.3. The van der Waals surface area contributed by atoms with E-state index in [1.165, 1.54) is 0 Å². The Labute approximate surface area is 103 Å². The Hall–Kier alpha value is -1.13. The van der Waals surface area contributed by atoms with Crippen molar-refractivity contribution in [3.05, 3.63) is 24.0 Å². The summed E-state index contributed by atoms with van der Waals surface area (Å²) in [7, 11) is 0. The van der Waals surface area contributed by atoms with E-state index in [0.717, 1.165) is 31.1 Å². The molecular formula is C13H21N3O. The zero-order chi connectivity index (χ0) is 12.5. The van der Waals surface area contributed by atoms with Gasteiger partial charge < -0.3 is 15.4 Å². The van der Waals surface area contributed by atoms with Gasteiger partial charge in [0.15, 0.2) is 0 Å². The molecule has 0 amide bonds. The number of hydrogen-bond donors (Lipinski definition) is 1. The monoisotopic (exact) mass is 235 g/mol. The molecule has 17 heavy (non-hydrogen) atoms. The van der Waals surface area contributed by atoms with Gasteiger partial charge in [0.05, 0.1) is 36.3 Å². The maximum atomic E-state index is 5.80. The van der Waals surface area contributed by atoms with Gasteiger partial charge in [-0.25, -0.2) is 0 Å². The number of pyridine rings is 1. The summed E-state index contributed by atoms with van der Waals surface area (Å²) < 4.78 is 5.52. The molecule has 1 aliphatic heterocycles. The Morgan fingerprint density at radius 3 is 2.76 bits per heavy atom. The SMILES string of the molecule is C[C@@H](N)c1ccc(N2CCOCC2(C)C)cn1. The quantitative estimate of drug-likeness (QED) is 0.848. The molecule has 0 bridgehead atoms. The first-order chi connectivity index (χ1) is 8.00. The molecule has 0 aliphatic carbocycles. The molecule has 2 rings (SSSR count). The van der Waals surface area contributed by atoms with Crippen molar-refractivity contribution in [1.82, 2.24) is 4.98 Å². The fraction of sp³-hybridized carbons (Fsp3) is 0.615. The number of nitrogens with zero attached hydrogens (tertiary/aromatic N) is 2. The second-order valence-corrected chi connectivity index (χ2v) is 5.25. The molecule has 0 unspecified atom stereocenters. The standard InChI is InChI=1S/C13H21N3O/c1-10(14)12-5-4-11(8-15-12)16-6-7-17-9-13(16,2)3/h4-5,8,10H,6-7,9,14H2,1-3H3/t10-/m1/s1. The summed E-state index contributed by atoms with van der Waals surface area (Å²) >= 11 is 0. The molecule has 4 heteroatoms. The van der Waals surface area contributed by atoms with E-state index in [2.05, 4.69) is 29.8 Å². The van der Waals surface area contributed by atoms with E-state index in [1.807, 2.05) is 19.2 Å². The van der Waals surface area contributed by atoms with Gasteiger partial charge in [0.1, 0.15) is 0 Å². The maximum Gasteiger partial charge on any atom is 0.0694 e. The van der Waals surface area contributed by atoms with Crippen molar-refractivity contribution in [2.75, 3.05) is 24.7 Å². The highest BCUT2D eigenvalue weighted by Gasteiger charge is 2.30. The minimum Gasteiger partial charge on any atom is -0.377 e. The summed E-state index contributed by atoms with van der Waals surface area (Å²) in [4.78, 5) is 6.75. The Balaban J connectivity index is 2.21. The first kappa shape index (κ1) is 12.3. The van der Waals surface area contributed by atoms with Crippen molar-refractivity contribution < 1.29 is 4.74 Å². The Morgan fingerprint density at radius 1 is 1.47 bits per heavy atom. The number of anilines is 1. The average molecular weight is 235 g/mol. The summed E-state index contributed by atoms with van der Waals surface area (Å²) in [5, 5.41) is 0. The van der Waals surface area contributed by atoms with E-state index in [0.29, 0.717) is 0 Å². The number of hydrogen-bond acceptors (Lipinski definition) is 4. The molecule has 2 heterocycles. The highest BCUT2D eigenvalue weighted by atomic mass is 16.5. The molecule has 0 aromatic carbocycles. The van der Waals surface area contributed by atoms with Gasteiger partial charge in [-0.1, -0.05) is 0 Å². The van der Waals surface area contributed by atoms with Crippen molar-refractivity contribution in [3.8, 4) is 0 Å². The number of nitrogens with two attached hydrogens (primary N) is 1. The van der Waals surface area contributed by atoms with Crippen LogP contribution in [0.1, 0.15) is 32.5 Å². The van der Waals surface area contributed by atoms with Crippen LogP contribution in [-0.4, -0.2) is 30.3 Å². The summed E-state index contributed by atoms with van der Waals surface area (Å²) in [6.45, 7) is 8.75. The third-order valence-corrected chi connectivity index (χ3v) is 3.19. The van der Waals surface area contributed by atoms with Gasteiger partial charge in [-0.3, -0.25) is 4.98 Å². The van der Waals surface area contributed by atoms with Gasteiger partial charge in [-0.15, -0.1) is 0 Å². The summed E-state index contributed by atoms with van der Waals surface area (Å²) in [6, 6.07) is 4.09. The number of ether oxygens (including phenoxy) is 1. The largest absolute Gasteiger partial charge is 0.377 e. The number of aromatic nitrogens is 1. The maximum absolute atomic E-state index is 5.80. The van der Waals surface area contributed by atoms with E-state index >= 15 is 0 Å². The van der Waals surface area contributed by atoms with Crippen LogP contribution in [0.4, 0.5) is 5.69 Å². The van der Waals surface area contributed by atoms with Crippen molar-refractivity contribution >= 4 is 5.69 Å². The van der Waals surface area contributed by atoms with E-state index in [1.54, 1.807) is 0 Å². The van der Waals surface area contributed by atoms with E-state index < -0.39 is 0 Å². The Morgan fingerprint density at radius 2 is 2.24 bits per heavy atom. The molecule has 1 fully saturated rings. The van der Waals surface area contributed by atoms with Crippen LogP contribution >= 0.6 is 0 Å². The number of morpholine rings is 1. The minimum absolute atomic E-state index is 0.0123. The highest BCUT2D eigenvalue weighted by Crippen LogP contribution is 2.26. The van der Waals surface area contributed by atoms with Crippen molar-refractivity contribution in [2.45, 2.75) is 32.4 Å². The van der Waals surface area contributed by atoms with E-state index in [-0.39, 0.29) is 11.6 Å². The predicted molar refractivity (Wildman–Crippen MR) is 69.1 cm³/mol. The lowest BCUT2D eigenvalue weighted by molar-refractivity contribution is 0.0643. The van der Waals surface area contributed by atoms with Gasteiger partial charge >= 0.3 is 0 Å². The molecular weight excluding hydrogens is 214 g/mol. The lowest BCUT2D eigenvalue weighted by Crippen LogP contribution is -2.53. The first-order valence-electron chi connectivity index (χ1n) is 6.07. The molecule has 0 spiro atoms. The lowest BCUT2D eigenvalue weighted by atomic mass is 10.0. The fourth-order valence-corrected chi connectivity index (χ4v) is 2.16. The molecule has 1 aromatic heterocycles. The molecule has 1 aromatic rings. The summed E-state index contributed by atoms with van der Waals surface area (Å²) in [5.74, 6) is 0. The van der Waals surface area contributed by atoms with Gasteiger partial charge in [-0.2, -0.15) is 0 Å².